The third-order valence-electron chi connectivity index (χ3n) is 3.17. The third-order valence-corrected chi connectivity index (χ3v) is 3.17. The molecule has 2 rings (SSSR count). The van der Waals surface area contributed by atoms with E-state index in [0.717, 1.165) is 31.6 Å². The smallest absolute Gasteiger partial charge is 0.223 e. The normalized spacial score (nSPS) is 15.7. The number of piperidine rings is 1. The Labute approximate surface area is 108 Å². The molecule has 1 aliphatic heterocycles. The van der Waals surface area contributed by atoms with Crippen molar-refractivity contribution in [2.24, 2.45) is 0 Å². The van der Waals surface area contributed by atoms with Crippen molar-refractivity contribution in [1.29, 1.82) is 0 Å². The molecule has 1 N–H and O–H groups in total. The number of amides is 1. The molecule has 0 aromatic carbocycles. The van der Waals surface area contributed by atoms with E-state index in [2.05, 4.69) is 15.3 Å². The first-order valence-corrected chi connectivity index (χ1v) is 6.59. The number of nitrogens with one attached hydrogen (secondary N) is 1. The fourth-order valence-corrected chi connectivity index (χ4v) is 2.14. The highest BCUT2D eigenvalue weighted by Gasteiger charge is 2.15. The van der Waals surface area contributed by atoms with Crippen LogP contribution in [0.15, 0.2) is 18.6 Å². The van der Waals surface area contributed by atoms with E-state index in [1.807, 2.05) is 11.0 Å². The average molecular weight is 248 g/mol. The van der Waals surface area contributed by atoms with Crippen molar-refractivity contribution in [3.8, 4) is 0 Å². The van der Waals surface area contributed by atoms with Gasteiger partial charge in [0, 0.05) is 38.8 Å². The van der Waals surface area contributed by atoms with E-state index in [0.29, 0.717) is 19.5 Å². The van der Waals surface area contributed by atoms with Crippen molar-refractivity contribution in [2.75, 3.05) is 19.6 Å². The molecule has 1 fully saturated rings. The van der Waals surface area contributed by atoms with Gasteiger partial charge in [-0.25, -0.2) is 9.97 Å². The maximum Gasteiger partial charge on any atom is 0.223 e. The van der Waals surface area contributed by atoms with Gasteiger partial charge < -0.3 is 10.2 Å². The second-order valence-electron chi connectivity index (χ2n) is 4.57. The summed E-state index contributed by atoms with van der Waals surface area (Å²) in [4.78, 5) is 21.8. The van der Waals surface area contributed by atoms with Gasteiger partial charge in [0.1, 0.15) is 6.33 Å². The largest absolute Gasteiger partial charge is 0.343 e. The molecule has 1 saturated heterocycles. The van der Waals surface area contributed by atoms with Crippen LogP contribution < -0.4 is 5.32 Å². The lowest BCUT2D eigenvalue weighted by Gasteiger charge is -2.26. The Balaban J connectivity index is 1.61. The first kappa shape index (κ1) is 13.0. The highest BCUT2D eigenvalue weighted by atomic mass is 16.2. The lowest BCUT2D eigenvalue weighted by atomic mass is 10.1. The monoisotopic (exact) mass is 248 g/mol. The van der Waals surface area contributed by atoms with Crippen molar-refractivity contribution in [3.05, 3.63) is 24.3 Å². The minimum absolute atomic E-state index is 0.268. The molecule has 0 unspecified atom stereocenters. The summed E-state index contributed by atoms with van der Waals surface area (Å²) in [5.41, 5.74) is 0.954. The summed E-state index contributed by atoms with van der Waals surface area (Å²) in [6.45, 7) is 3.27. The Morgan fingerprint density at radius 3 is 2.89 bits per heavy atom. The molecule has 18 heavy (non-hydrogen) atoms. The van der Waals surface area contributed by atoms with Crippen LogP contribution in [0.25, 0.3) is 0 Å². The summed E-state index contributed by atoms with van der Waals surface area (Å²) in [6, 6.07) is 1.87. The predicted octanol–water partition coefficient (Wildman–Crippen LogP) is 0.969. The molecule has 5 nitrogen and oxygen atoms in total. The highest BCUT2D eigenvalue weighted by Crippen LogP contribution is 2.09. The number of rotatable bonds is 5. The number of likely N-dealkylation sites (tertiary alicyclic amines) is 1. The van der Waals surface area contributed by atoms with Gasteiger partial charge >= 0.3 is 0 Å². The van der Waals surface area contributed by atoms with Crippen LogP contribution in [-0.4, -0.2) is 40.4 Å². The molecule has 0 bridgehead atoms. The van der Waals surface area contributed by atoms with E-state index in [1.54, 1.807) is 6.20 Å². The SMILES string of the molecule is O=C(CCNCc1ccncn1)N1CCCCC1. The Bertz CT molecular complexity index is 363. The van der Waals surface area contributed by atoms with E-state index in [4.69, 9.17) is 0 Å². The van der Waals surface area contributed by atoms with E-state index >= 15 is 0 Å². The second kappa shape index (κ2) is 7.06. The lowest BCUT2D eigenvalue weighted by Crippen LogP contribution is -2.37. The summed E-state index contributed by atoms with van der Waals surface area (Å²) in [5.74, 6) is 0.268. The van der Waals surface area contributed by atoms with Gasteiger partial charge in [-0.2, -0.15) is 0 Å². The number of aromatic nitrogens is 2. The Morgan fingerprint density at radius 2 is 2.17 bits per heavy atom. The molecule has 98 valence electrons. The fourth-order valence-electron chi connectivity index (χ4n) is 2.14. The molecule has 0 radical (unpaired) electrons. The lowest BCUT2D eigenvalue weighted by molar-refractivity contribution is -0.131. The van der Waals surface area contributed by atoms with Gasteiger partial charge in [0.15, 0.2) is 0 Å². The van der Waals surface area contributed by atoms with Gasteiger partial charge in [-0.15, -0.1) is 0 Å². The summed E-state index contributed by atoms with van der Waals surface area (Å²) >= 11 is 0. The zero-order valence-electron chi connectivity index (χ0n) is 10.6. The highest BCUT2D eigenvalue weighted by molar-refractivity contribution is 5.76. The van der Waals surface area contributed by atoms with Crippen LogP contribution in [0.1, 0.15) is 31.4 Å². The Morgan fingerprint density at radius 1 is 1.33 bits per heavy atom. The standard InChI is InChI=1S/C13H20N4O/c18-13(17-8-2-1-3-9-17)5-7-14-10-12-4-6-15-11-16-12/h4,6,11,14H,1-3,5,7-10H2. The molecule has 0 spiro atoms. The topological polar surface area (TPSA) is 58.1 Å². The third kappa shape index (κ3) is 4.07. The number of hydrogen-bond donors (Lipinski definition) is 1. The van der Waals surface area contributed by atoms with Gasteiger partial charge in [0.25, 0.3) is 0 Å². The van der Waals surface area contributed by atoms with Crippen molar-refractivity contribution in [2.45, 2.75) is 32.2 Å². The van der Waals surface area contributed by atoms with Crippen LogP contribution in [0, 0.1) is 0 Å². The molecule has 1 aromatic rings. The molecule has 1 aromatic heterocycles. The van der Waals surface area contributed by atoms with Gasteiger partial charge in [-0.1, -0.05) is 0 Å². The van der Waals surface area contributed by atoms with Crippen molar-refractivity contribution < 1.29 is 4.79 Å². The summed E-state index contributed by atoms with van der Waals surface area (Å²) < 4.78 is 0. The quantitative estimate of drug-likeness (QED) is 0.789. The summed E-state index contributed by atoms with van der Waals surface area (Å²) in [7, 11) is 0. The van der Waals surface area contributed by atoms with E-state index in [-0.39, 0.29) is 5.91 Å². The zero-order valence-corrected chi connectivity index (χ0v) is 10.6. The van der Waals surface area contributed by atoms with E-state index in [9.17, 15) is 4.79 Å². The second-order valence-corrected chi connectivity index (χ2v) is 4.57. The summed E-state index contributed by atoms with van der Waals surface area (Å²) in [6.07, 6.45) is 7.40. The number of hydrogen-bond acceptors (Lipinski definition) is 4. The van der Waals surface area contributed by atoms with Crippen LogP contribution in [0.3, 0.4) is 0 Å². The number of carbonyl (C=O) groups is 1. The van der Waals surface area contributed by atoms with E-state index in [1.165, 1.54) is 12.7 Å². The average Bonchev–Trinajstić information content (AvgIpc) is 2.45. The molecule has 0 aliphatic carbocycles. The molecule has 1 amide bonds. The molecule has 1 aliphatic rings. The molecule has 0 saturated carbocycles. The maximum absolute atomic E-state index is 11.9. The Hall–Kier alpha value is -1.49. The van der Waals surface area contributed by atoms with Crippen LogP contribution in [0.4, 0.5) is 0 Å². The van der Waals surface area contributed by atoms with Crippen molar-refractivity contribution in [1.82, 2.24) is 20.2 Å². The summed E-state index contributed by atoms with van der Waals surface area (Å²) in [5, 5.41) is 3.23. The van der Waals surface area contributed by atoms with Crippen molar-refractivity contribution >= 4 is 5.91 Å². The first-order valence-electron chi connectivity index (χ1n) is 6.59. The van der Waals surface area contributed by atoms with Gasteiger partial charge in [0.2, 0.25) is 5.91 Å². The van der Waals surface area contributed by atoms with E-state index < -0.39 is 0 Å². The maximum atomic E-state index is 11.9. The number of carbonyl (C=O) groups excluding carboxylic acids is 1. The molecule has 0 atom stereocenters. The zero-order chi connectivity index (χ0) is 12.6. The van der Waals surface area contributed by atoms with Crippen LogP contribution in [0.5, 0.6) is 0 Å². The molecule has 5 heteroatoms. The fraction of sp³-hybridized carbons (Fsp3) is 0.615. The van der Waals surface area contributed by atoms with Crippen LogP contribution >= 0.6 is 0 Å². The minimum Gasteiger partial charge on any atom is -0.343 e. The van der Waals surface area contributed by atoms with Crippen LogP contribution in [0.2, 0.25) is 0 Å². The first-order chi connectivity index (χ1) is 8.86. The van der Waals surface area contributed by atoms with Gasteiger partial charge in [0.05, 0.1) is 5.69 Å². The van der Waals surface area contributed by atoms with Gasteiger partial charge in [-0.3, -0.25) is 4.79 Å². The molecular weight excluding hydrogens is 228 g/mol. The van der Waals surface area contributed by atoms with Crippen molar-refractivity contribution in [3.63, 3.8) is 0 Å². The molecular formula is C13H20N4O. The Kier molecular flexibility index (Phi) is 5.08. The molecule has 2 heterocycles. The van der Waals surface area contributed by atoms with Crippen LogP contribution in [-0.2, 0) is 11.3 Å². The predicted molar refractivity (Wildman–Crippen MR) is 68.8 cm³/mol. The number of nitrogens with zero attached hydrogens (tertiary/aromatic N) is 3. The van der Waals surface area contributed by atoms with Gasteiger partial charge in [-0.05, 0) is 25.3 Å². The minimum atomic E-state index is 0.268.